The Kier molecular flexibility index (Phi) is 9.83. The summed E-state index contributed by atoms with van der Waals surface area (Å²) in [5, 5.41) is 0. The second kappa shape index (κ2) is 8.78. The minimum Gasteiger partial charge on any atom is -0.324 e. The Morgan fingerprint density at radius 2 is 1.29 bits per heavy atom. The van der Waals surface area contributed by atoms with E-state index in [9.17, 15) is 9.13 Å². The highest BCUT2D eigenvalue weighted by Crippen LogP contribution is 2.38. The molecule has 0 spiro atoms. The van der Waals surface area contributed by atoms with E-state index in [1.165, 1.54) is 6.66 Å². The Hall–Kier alpha value is 0.260. The van der Waals surface area contributed by atoms with Gasteiger partial charge in [-0.25, -0.2) is 4.57 Å². The van der Waals surface area contributed by atoms with Gasteiger partial charge in [0.2, 0.25) is 0 Å². The van der Waals surface area contributed by atoms with E-state index in [-0.39, 0.29) is 17.4 Å². The highest BCUT2D eigenvalue weighted by molar-refractivity contribution is 7.51. The van der Waals surface area contributed by atoms with Crippen LogP contribution in [0.5, 0.6) is 0 Å². The van der Waals surface area contributed by atoms with Crippen molar-refractivity contribution in [2.45, 2.75) is 48.0 Å². The Labute approximate surface area is 127 Å². The molecule has 0 aromatic carbocycles. The SMILES string of the molecule is CC(C)(C)CCOP(=O)(O)O.CC(C)(C)COP(C)(=O)O. The van der Waals surface area contributed by atoms with Gasteiger partial charge in [-0.05, 0) is 17.3 Å². The van der Waals surface area contributed by atoms with E-state index in [4.69, 9.17) is 19.2 Å². The largest absolute Gasteiger partial charge is 0.469 e. The van der Waals surface area contributed by atoms with Crippen LogP contribution in [0.25, 0.3) is 0 Å². The fraction of sp³-hybridized carbons (Fsp3) is 1.00. The lowest BCUT2D eigenvalue weighted by atomic mass is 9.93. The Morgan fingerprint density at radius 1 is 0.857 bits per heavy atom. The first-order chi connectivity index (χ1) is 8.91. The minimum atomic E-state index is -4.25. The minimum absolute atomic E-state index is 0.0472. The third-order valence-electron chi connectivity index (χ3n) is 1.85. The van der Waals surface area contributed by atoms with Crippen LogP contribution in [0.1, 0.15) is 48.0 Å². The molecule has 0 saturated heterocycles. The van der Waals surface area contributed by atoms with Gasteiger partial charge in [-0.1, -0.05) is 41.5 Å². The van der Waals surface area contributed by atoms with Crippen LogP contribution in [0.15, 0.2) is 0 Å². The number of rotatable bonds is 5. The van der Waals surface area contributed by atoms with Crippen molar-refractivity contribution in [2.24, 2.45) is 10.8 Å². The highest BCUT2D eigenvalue weighted by atomic mass is 31.2. The number of phosphoric acid groups is 1. The van der Waals surface area contributed by atoms with E-state index in [0.717, 1.165) is 0 Å². The molecule has 0 rings (SSSR count). The summed E-state index contributed by atoms with van der Waals surface area (Å²) < 4.78 is 29.8. The lowest BCUT2D eigenvalue weighted by molar-refractivity contribution is 0.172. The maximum absolute atomic E-state index is 10.6. The molecule has 0 amide bonds. The summed E-state index contributed by atoms with van der Waals surface area (Å²) >= 11 is 0. The second-order valence-electron chi connectivity index (χ2n) is 7.27. The molecule has 0 heterocycles. The van der Waals surface area contributed by atoms with Crippen LogP contribution in [0, 0.1) is 10.8 Å². The highest BCUT2D eigenvalue weighted by Gasteiger charge is 2.17. The van der Waals surface area contributed by atoms with E-state index < -0.39 is 15.4 Å². The smallest absolute Gasteiger partial charge is 0.324 e. The standard InChI is InChI=1S/C6H15O4P.C6H15O3P/c1-6(2,3)4-5-10-11(7,8)9;1-6(2,3)5-9-10(4,7)8/h4-5H2,1-3H3,(H2,7,8,9);5H2,1-4H3,(H,7,8). The quantitative estimate of drug-likeness (QED) is 0.653. The second-order valence-corrected chi connectivity index (χ2v) is 10.4. The van der Waals surface area contributed by atoms with Crippen LogP contribution >= 0.6 is 15.4 Å². The van der Waals surface area contributed by atoms with Crippen molar-refractivity contribution in [3.63, 3.8) is 0 Å². The molecule has 0 aromatic heterocycles. The molecule has 0 bridgehead atoms. The van der Waals surface area contributed by atoms with Crippen molar-refractivity contribution in [1.29, 1.82) is 0 Å². The summed E-state index contributed by atoms with van der Waals surface area (Å²) in [6.45, 7) is 13.4. The zero-order chi connectivity index (χ0) is 17.5. The molecule has 0 saturated carbocycles. The van der Waals surface area contributed by atoms with Gasteiger partial charge in [0.05, 0.1) is 13.2 Å². The van der Waals surface area contributed by atoms with Crippen molar-refractivity contribution >= 4 is 15.4 Å². The molecule has 0 aliphatic heterocycles. The number of hydrogen-bond donors (Lipinski definition) is 3. The van der Waals surface area contributed by atoms with Crippen LogP contribution < -0.4 is 0 Å². The molecule has 0 aromatic rings. The number of hydrogen-bond acceptors (Lipinski definition) is 4. The molecule has 130 valence electrons. The molecule has 21 heavy (non-hydrogen) atoms. The Balaban J connectivity index is 0. The molecule has 3 N–H and O–H groups in total. The van der Waals surface area contributed by atoms with E-state index >= 15 is 0 Å². The summed E-state index contributed by atoms with van der Waals surface area (Å²) in [6.07, 6.45) is 0.637. The van der Waals surface area contributed by atoms with Crippen molar-refractivity contribution in [3.05, 3.63) is 0 Å². The summed E-state index contributed by atoms with van der Waals surface area (Å²) in [4.78, 5) is 25.3. The molecule has 1 unspecified atom stereocenters. The van der Waals surface area contributed by atoms with Crippen molar-refractivity contribution in [1.82, 2.24) is 0 Å². The molecule has 0 fully saturated rings. The Morgan fingerprint density at radius 3 is 1.48 bits per heavy atom. The van der Waals surface area contributed by atoms with Gasteiger partial charge < -0.3 is 19.2 Å². The molecule has 0 aliphatic carbocycles. The van der Waals surface area contributed by atoms with Crippen LogP contribution in [0.2, 0.25) is 0 Å². The lowest BCUT2D eigenvalue weighted by Crippen LogP contribution is -2.13. The monoisotopic (exact) mass is 348 g/mol. The average Bonchev–Trinajstić information content (AvgIpc) is 2.09. The first kappa shape index (κ1) is 23.5. The zero-order valence-electron chi connectivity index (χ0n) is 14.0. The molecule has 7 nitrogen and oxygen atoms in total. The van der Waals surface area contributed by atoms with Gasteiger partial charge in [-0.15, -0.1) is 0 Å². The molecular formula is C12H30O7P2. The van der Waals surface area contributed by atoms with E-state index in [2.05, 4.69) is 4.52 Å². The van der Waals surface area contributed by atoms with Crippen LogP contribution in [0.3, 0.4) is 0 Å². The van der Waals surface area contributed by atoms with Gasteiger partial charge in [0.15, 0.2) is 0 Å². The summed E-state index contributed by atoms with van der Waals surface area (Å²) in [6, 6.07) is 0. The van der Waals surface area contributed by atoms with Crippen LogP contribution in [-0.4, -0.2) is 34.6 Å². The molecular weight excluding hydrogens is 318 g/mol. The predicted octanol–water partition coefficient (Wildman–Crippen LogP) is 3.40. The van der Waals surface area contributed by atoms with E-state index in [1.807, 2.05) is 41.5 Å². The fourth-order valence-electron chi connectivity index (χ4n) is 0.784. The van der Waals surface area contributed by atoms with E-state index in [0.29, 0.717) is 13.0 Å². The van der Waals surface area contributed by atoms with Gasteiger partial charge in [-0.2, -0.15) is 0 Å². The molecule has 9 heteroatoms. The zero-order valence-corrected chi connectivity index (χ0v) is 15.8. The van der Waals surface area contributed by atoms with Gasteiger partial charge in [0, 0.05) is 6.66 Å². The van der Waals surface area contributed by atoms with Gasteiger partial charge in [0.25, 0.3) is 0 Å². The van der Waals surface area contributed by atoms with Crippen LogP contribution in [0.4, 0.5) is 0 Å². The third kappa shape index (κ3) is 29.0. The van der Waals surface area contributed by atoms with Crippen LogP contribution in [-0.2, 0) is 18.2 Å². The third-order valence-corrected chi connectivity index (χ3v) is 2.98. The first-order valence-corrected chi connectivity index (χ1v) is 10.1. The van der Waals surface area contributed by atoms with E-state index in [1.54, 1.807) is 0 Å². The molecule has 1 atom stereocenters. The predicted molar refractivity (Wildman–Crippen MR) is 83.2 cm³/mol. The lowest BCUT2D eigenvalue weighted by Gasteiger charge is -2.18. The van der Waals surface area contributed by atoms with Gasteiger partial charge >= 0.3 is 15.4 Å². The normalized spacial score (nSPS) is 15.9. The topological polar surface area (TPSA) is 113 Å². The maximum Gasteiger partial charge on any atom is 0.469 e. The molecule has 0 aliphatic rings. The average molecular weight is 348 g/mol. The van der Waals surface area contributed by atoms with Crippen molar-refractivity contribution in [3.8, 4) is 0 Å². The first-order valence-electron chi connectivity index (χ1n) is 6.56. The van der Waals surface area contributed by atoms with Gasteiger partial charge in [0.1, 0.15) is 0 Å². The summed E-state index contributed by atoms with van der Waals surface area (Å²) in [7, 11) is -7.51. The van der Waals surface area contributed by atoms with Crippen molar-refractivity contribution < 1.29 is 32.9 Å². The molecule has 0 radical (unpaired) electrons. The summed E-state index contributed by atoms with van der Waals surface area (Å²) in [5.74, 6) is 0. The summed E-state index contributed by atoms with van der Waals surface area (Å²) in [5.41, 5.74) is 0.00354. The van der Waals surface area contributed by atoms with Crippen molar-refractivity contribution in [2.75, 3.05) is 19.9 Å². The number of phosphoric ester groups is 1. The van der Waals surface area contributed by atoms with Gasteiger partial charge in [-0.3, -0.25) is 9.09 Å². The fourth-order valence-corrected chi connectivity index (χ4v) is 1.74. The Bertz CT molecular complexity index is 370. The maximum atomic E-state index is 10.6.